The van der Waals surface area contributed by atoms with Crippen molar-refractivity contribution in [3.8, 4) is 6.07 Å². The normalized spacial score (nSPS) is 18.0. The second-order valence-corrected chi connectivity index (χ2v) is 8.30. The van der Waals surface area contributed by atoms with E-state index in [0.717, 1.165) is 31.9 Å². The summed E-state index contributed by atoms with van der Waals surface area (Å²) in [6.07, 6.45) is -1.22. The summed E-state index contributed by atoms with van der Waals surface area (Å²) >= 11 is 0. The zero-order valence-electron chi connectivity index (χ0n) is 15.6. The monoisotopic (exact) mass is 394 g/mol. The molecule has 0 bridgehead atoms. The largest absolute Gasteiger partial charge is 0.394 e. The Bertz CT molecular complexity index is 807. The number of nitrogens with zero attached hydrogens (tertiary/aromatic N) is 3. The first-order valence-electron chi connectivity index (χ1n) is 8.72. The number of hydrogen-bond donors (Lipinski definition) is 3. The van der Waals surface area contributed by atoms with Crippen LogP contribution in [0.3, 0.4) is 0 Å². The van der Waals surface area contributed by atoms with Gasteiger partial charge in [0.25, 0.3) is 10.0 Å². The number of hydrogen-bond acceptors (Lipinski definition) is 7. The first-order chi connectivity index (χ1) is 12.8. The number of allylic oxidation sites excluding steroid dienone is 2. The van der Waals surface area contributed by atoms with Gasteiger partial charge >= 0.3 is 0 Å². The highest BCUT2D eigenvalue weighted by Crippen LogP contribution is 2.24. The summed E-state index contributed by atoms with van der Waals surface area (Å²) in [4.78, 5) is 4.13. The third kappa shape index (κ3) is 5.51. The summed E-state index contributed by atoms with van der Waals surface area (Å²) in [5.74, 6) is 0. The van der Waals surface area contributed by atoms with Gasteiger partial charge in [-0.1, -0.05) is 12.1 Å². The van der Waals surface area contributed by atoms with Crippen LogP contribution in [0.5, 0.6) is 0 Å². The molecule has 27 heavy (non-hydrogen) atoms. The van der Waals surface area contributed by atoms with E-state index >= 15 is 0 Å². The molecule has 1 aliphatic heterocycles. The van der Waals surface area contributed by atoms with E-state index in [0.29, 0.717) is 11.1 Å². The van der Waals surface area contributed by atoms with E-state index in [2.05, 4.69) is 21.6 Å². The van der Waals surface area contributed by atoms with Gasteiger partial charge in [-0.15, -0.1) is 0 Å². The molecule has 1 atom stereocenters. The molecular weight excluding hydrogens is 368 g/mol. The van der Waals surface area contributed by atoms with Crippen molar-refractivity contribution in [2.45, 2.75) is 13.0 Å². The van der Waals surface area contributed by atoms with Gasteiger partial charge in [0.15, 0.2) is 4.91 Å². The number of piperazine rings is 1. The van der Waals surface area contributed by atoms with E-state index in [1.54, 1.807) is 25.1 Å². The number of aliphatic hydroxyl groups is 2. The maximum Gasteiger partial charge on any atom is 0.251 e. The zero-order valence-corrected chi connectivity index (χ0v) is 16.4. The van der Waals surface area contributed by atoms with Gasteiger partial charge in [-0.25, -0.2) is 13.1 Å². The number of rotatable bonds is 7. The van der Waals surface area contributed by atoms with Crippen molar-refractivity contribution in [1.82, 2.24) is 9.62 Å². The minimum Gasteiger partial charge on any atom is -0.394 e. The molecule has 2 rings (SSSR count). The van der Waals surface area contributed by atoms with Crippen molar-refractivity contribution in [3.63, 3.8) is 0 Å². The highest BCUT2D eigenvalue weighted by Gasteiger charge is 2.22. The SMILES string of the molecule is C/C(=C(/C#N)S(=O)(=O)NCC(O)CO)c1ccc(N2CCN(C)CC2)cc1. The van der Waals surface area contributed by atoms with Gasteiger partial charge in [-0.2, -0.15) is 5.26 Å². The fraction of sp³-hybridized carbons (Fsp3) is 0.500. The molecule has 1 unspecified atom stereocenters. The van der Waals surface area contributed by atoms with E-state index in [-0.39, 0.29) is 6.54 Å². The fourth-order valence-electron chi connectivity index (χ4n) is 2.81. The molecule has 1 saturated heterocycles. The predicted molar refractivity (Wildman–Crippen MR) is 104 cm³/mol. The topological polar surface area (TPSA) is 117 Å². The summed E-state index contributed by atoms with van der Waals surface area (Å²) in [7, 11) is -1.99. The summed E-state index contributed by atoms with van der Waals surface area (Å²) in [6.45, 7) is 4.48. The number of aliphatic hydroxyl groups excluding tert-OH is 2. The summed E-state index contributed by atoms with van der Waals surface area (Å²) < 4.78 is 26.8. The number of benzene rings is 1. The van der Waals surface area contributed by atoms with Crippen LogP contribution in [0.15, 0.2) is 29.2 Å². The Morgan fingerprint density at radius 1 is 1.26 bits per heavy atom. The maximum atomic E-state index is 12.3. The van der Waals surface area contributed by atoms with Crippen molar-refractivity contribution in [2.75, 3.05) is 51.3 Å². The lowest BCUT2D eigenvalue weighted by molar-refractivity contribution is 0.0989. The van der Waals surface area contributed by atoms with Crippen LogP contribution < -0.4 is 9.62 Å². The standard InChI is InChI=1S/C18H26N4O4S/c1-14(18(11-19)27(25,26)20-12-17(24)13-23)15-3-5-16(6-4-15)22-9-7-21(2)8-10-22/h3-6,17,20,23-24H,7-10,12-13H2,1-2H3/b18-14+. The molecule has 1 aromatic carbocycles. The number of nitrogens with one attached hydrogen (secondary N) is 1. The van der Waals surface area contributed by atoms with Crippen molar-refractivity contribution in [1.29, 1.82) is 5.26 Å². The minimum absolute atomic E-state index is 0.327. The van der Waals surface area contributed by atoms with Crippen LogP contribution in [0.2, 0.25) is 0 Å². The molecule has 1 aromatic rings. The van der Waals surface area contributed by atoms with Crippen molar-refractivity contribution in [2.24, 2.45) is 0 Å². The molecule has 0 radical (unpaired) electrons. The van der Waals surface area contributed by atoms with Crippen LogP contribution in [0.1, 0.15) is 12.5 Å². The molecule has 8 nitrogen and oxygen atoms in total. The molecule has 1 heterocycles. The lowest BCUT2D eigenvalue weighted by atomic mass is 10.1. The number of likely N-dealkylation sites (N-methyl/N-ethyl adjacent to an activating group) is 1. The second kappa shape index (κ2) is 9.30. The molecule has 0 aliphatic carbocycles. The minimum atomic E-state index is -4.08. The molecule has 3 N–H and O–H groups in total. The lowest BCUT2D eigenvalue weighted by Crippen LogP contribution is -2.44. The van der Waals surface area contributed by atoms with Gasteiger partial charge in [0.05, 0.1) is 12.7 Å². The first kappa shape index (κ1) is 21.3. The Hall–Kier alpha value is -1.96. The average molecular weight is 394 g/mol. The molecule has 148 valence electrons. The quantitative estimate of drug-likeness (QED) is 0.556. The fourth-order valence-corrected chi connectivity index (χ4v) is 4.00. The van der Waals surface area contributed by atoms with Crippen LogP contribution >= 0.6 is 0 Å². The third-order valence-electron chi connectivity index (χ3n) is 4.60. The number of anilines is 1. The smallest absolute Gasteiger partial charge is 0.251 e. The van der Waals surface area contributed by atoms with Crippen LogP contribution in [0.4, 0.5) is 5.69 Å². The van der Waals surface area contributed by atoms with Crippen LogP contribution in [0.25, 0.3) is 5.57 Å². The van der Waals surface area contributed by atoms with Crippen LogP contribution in [-0.4, -0.2) is 76.0 Å². The van der Waals surface area contributed by atoms with Crippen LogP contribution in [0, 0.1) is 11.3 Å². The molecule has 0 aromatic heterocycles. The molecular formula is C18H26N4O4S. The Morgan fingerprint density at radius 2 is 1.85 bits per heavy atom. The van der Waals surface area contributed by atoms with E-state index in [1.807, 2.05) is 12.1 Å². The second-order valence-electron chi connectivity index (χ2n) is 6.59. The predicted octanol–water partition coefficient (Wildman–Crippen LogP) is -0.0344. The maximum absolute atomic E-state index is 12.3. The molecule has 1 fully saturated rings. The van der Waals surface area contributed by atoms with Crippen molar-refractivity contribution >= 4 is 21.3 Å². The van der Waals surface area contributed by atoms with Crippen LogP contribution in [-0.2, 0) is 10.0 Å². The summed E-state index contributed by atoms with van der Waals surface area (Å²) in [5.41, 5.74) is 2.02. The molecule has 0 spiro atoms. The van der Waals surface area contributed by atoms with Crippen molar-refractivity contribution in [3.05, 3.63) is 34.7 Å². The van der Waals surface area contributed by atoms with Gasteiger partial charge < -0.3 is 20.0 Å². The van der Waals surface area contributed by atoms with Gasteiger partial charge in [0.1, 0.15) is 6.07 Å². The van der Waals surface area contributed by atoms with Gasteiger partial charge in [0.2, 0.25) is 0 Å². The molecule has 0 amide bonds. The van der Waals surface area contributed by atoms with Crippen molar-refractivity contribution < 1.29 is 18.6 Å². The van der Waals surface area contributed by atoms with E-state index in [1.165, 1.54) is 0 Å². The molecule has 1 aliphatic rings. The highest BCUT2D eigenvalue weighted by molar-refractivity contribution is 7.93. The van der Waals surface area contributed by atoms with Gasteiger partial charge in [0, 0.05) is 38.4 Å². The number of sulfonamides is 1. The Morgan fingerprint density at radius 3 is 2.37 bits per heavy atom. The third-order valence-corrected chi connectivity index (χ3v) is 6.08. The average Bonchev–Trinajstić information content (AvgIpc) is 2.67. The van der Waals surface area contributed by atoms with E-state index in [4.69, 9.17) is 5.11 Å². The Labute approximate surface area is 160 Å². The van der Waals surface area contributed by atoms with E-state index < -0.39 is 27.6 Å². The number of nitriles is 1. The molecule has 0 saturated carbocycles. The Balaban J connectivity index is 2.20. The summed E-state index contributed by atoms with van der Waals surface area (Å²) in [6, 6.07) is 9.19. The van der Waals surface area contributed by atoms with Gasteiger partial charge in [-0.3, -0.25) is 0 Å². The Kier molecular flexibility index (Phi) is 7.35. The first-order valence-corrected chi connectivity index (χ1v) is 10.2. The molecule has 9 heteroatoms. The van der Waals surface area contributed by atoms with Gasteiger partial charge in [-0.05, 0) is 37.2 Å². The zero-order chi connectivity index (χ0) is 20.0. The van der Waals surface area contributed by atoms with E-state index in [9.17, 15) is 18.8 Å². The lowest BCUT2D eigenvalue weighted by Gasteiger charge is -2.34. The summed E-state index contributed by atoms with van der Waals surface area (Å²) in [5, 5.41) is 27.5. The highest BCUT2D eigenvalue weighted by atomic mass is 32.2.